The van der Waals surface area contributed by atoms with Crippen LogP contribution >= 0.6 is 0 Å². The van der Waals surface area contributed by atoms with Gasteiger partial charge in [0.15, 0.2) is 0 Å². The summed E-state index contributed by atoms with van der Waals surface area (Å²) in [4.78, 5) is 32.3. The fourth-order valence-electron chi connectivity index (χ4n) is 6.78. The fraction of sp³-hybridized carbons (Fsp3) is 0.205. The summed E-state index contributed by atoms with van der Waals surface area (Å²) in [7, 11) is 0.589. The average molecular weight is 723 g/mol. The normalized spacial score (nSPS) is 13.9. The van der Waals surface area contributed by atoms with Gasteiger partial charge in [0, 0.05) is 53.2 Å². The number of furan rings is 1. The summed E-state index contributed by atoms with van der Waals surface area (Å²) >= 11 is 0. The van der Waals surface area contributed by atoms with Crippen molar-refractivity contribution in [2.45, 2.75) is 26.4 Å². The van der Waals surface area contributed by atoms with Gasteiger partial charge in [-0.15, -0.1) is 0 Å². The molecular weight excluding hydrogens is 688 g/mol. The summed E-state index contributed by atoms with van der Waals surface area (Å²) in [5.41, 5.74) is 4.74. The molecule has 7 rings (SSSR count). The number of aromatic nitrogens is 2. The van der Waals surface area contributed by atoms with Crippen molar-refractivity contribution in [1.29, 1.82) is 0 Å². The molecular formula is C39H35FN4O7S. The zero-order valence-electron chi connectivity index (χ0n) is 29.5. The number of cyclic esters (lactones) is 1. The van der Waals surface area contributed by atoms with Crippen molar-refractivity contribution in [3.63, 3.8) is 0 Å². The minimum absolute atomic E-state index is 0.176. The number of carbonyl (C=O) groups is 2. The maximum Gasteiger partial charge on any atom is 0.419 e. The third-order valence-corrected chi connectivity index (χ3v) is 10.6. The highest BCUT2D eigenvalue weighted by atomic mass is 32.2. The summed E-state index contributed by atoms with van der Waals surface area (Å²) in [6, 6.07) is 18.0. The van der Waals surface area contributed by atoms with Gasteiger partial charge >= 0.3 is 6.09 Å². The molecule has 1 aliphatic heterocycles. The molecule has 6 aromatic rings. The maximum atomic E-state index is 13.9. The maximum absolute atomic E-state index is 13.9. The first-order valence-electron chi connectivity index (χ1n) is 16.3. The predicted octanol–water partition coefficient (Wildman–Crippen LogP) is 7.84. The Balaban J connectivity index is 1.56. The second kappa shape index (κ2) is 12.4. The number of pyridine rings is 1. The number of carbonyl (C=O) groups excluding carboxylic acids is 2. The van der Waals surface area contributed by atoms with Gasteiger partial charge in [-0.25, -0.2) is 27.2 Å². The Hall–Kier alpha value is -5.95. The van der Waals surface area contributed by atoms with E-state index in [1.165, 1.54) is 62.4 Å². The van der Waals surface area contributed by atoms with E-state index in [0.29, 0.717) is 44.7 Å². The third kappa shape index (κ3) is 5.48. The quantitative estimate of drug-likeness (QED) is 0.157. The first kappa shape index (κ1) is 34.5. The minimum Gasteiger partial charge on any atom is -0.504 e. The standard InChI is InChI=1S/C39H35FN4O7S/c1-21-25-9-8-10-28-35(25)44(38(46)51-39(28,2)3)34(21)33-22(17-18-49-6)13-16-29(42-33)26-19-27-31(20-30(26)43(5)52(7,47)48)50-36(32(27)37(45)41-4)23-11-14-24(40)15-12-23/h8-20H,1-7H3,(H,41,45)/b18-17+. The van der Waals surface area contributed by atoms with E-state index in [0.717, 1.165) is 27.1 Å². The molecule has 266 valence electrons. The number of fused-ring (bicyclic) bond motifs is 1. The Bertz CT molecular complexity index is 2600. The largest absolute Gasteiger partial charge is 0.504 e. The lowest BCUT2D eigenvalue weighted by atomic mass is 9.94. The number of nitrogens with zero attached hydrogens (tertiary/aromatic N) is 3. The smallest absolute Gasteiger partial charge is 0.419 e. The van der Waals surface area contributed by atoms with E-state index in [1.54, 1.807) is 24.3 Å². The van der Waals surface area contributed by atoms with Crippen LogP contribution in [-0.4, -0.2) is 57.4 Å². The van der Waals surface area contributed by atoms with Gasteiger partial charge in [-0.1, -0.05) is 24.3 Å². The van der Waals surface area contributed by atoms with E-state index in [4.69, 9.17) is 18.9 Å². The molecule has 1 aliphatic rings. The Morgan fingerprint density at radius 1 is 1.08 bits per heavy atom. The first-order valence-corrected chi connectivity index (χ1v) is 18.1. The number of hydrogen-bond acceptors (Lipinski definition) is 8. The number of sulfonamides is 1. The van der Waals surface area contributed by atoms with Gasteiger partial charge in [-0.05, 0) is 68.8 Å². The number of para-hydroxylation sites is 1. The number of nitrogens with one attached hydrogen (secondary N) is 1. The van der Waals surface area contributed by atoms with E-state index in [9.17, 15) is 22.4 Å². The Kier molecular flexibility index (Phi) is 8.21. The molecule has 0 unspecified atom stereocenters. The molecule has 11 nitrogen and oxygen atoms in total. The number of ether oxygens (including phenoxy) is 2. The molecule has 4 heterocycles. The van der Waals surface area contributed by atoms with E-state index in [2.05, 4.69) is 5.32 Å². The van der Waals surface area contributed by atoms with Gasteiger partial charge in [0.05, 0.1) is 53.5 Å². The molecule has 0 aliphatic carbocycles. The summed E-state index contributed by atoms with van der Waals surface area (Å²) in [5.74, 6) is -0.742. The van der Waals surface area contributed by atoms with E-state index >= 15 is 0 Å². The number of halogens is 1. The highest BCUT2D eigenvalue weighted by Gasteiger charge is 2.38. The molecule has 0 fully saturated rings. The number of aryl methyl sites for hydroxylation is 1. The van der Waals surface area contributed by atoms with Gasteiger partial charge < -0.3 is 19.2 Å². The summed E-state index contributed by atoms with van der Waals surface area (Å²) in [6.07, 6.45) is 3.73. The third-order valence-electron chi connectivity index (χ3n) is 9.43. The van der Waals surface area contributed by atoms with Gasteiger partial charge in [0.25, 0.3) is 5.91 Å². The van der Waals surface area contributed by atoms with Crippen LogP contribution in [-0.2, 0) is 25.1 Å². The minimum atomic E-state index is -3.82. The van der Waals surface area contributed by atoms with E-state index in [1.807, 2.05) is 39.0 Å². The number of anilines is 1. The lowest BCUT2D eigenvalue weighted by Crippen LogP contribution is -2.33. The van der Waals surface area contributed by atoms with Crippen molar-refractivity contribution >= 4 is 55.7 Å². The van der Waals surface area contributed by atoms with Crippen molar-refractivity contribution < 1.29 is 36.3 Å². The SMILES string of the molecule is CNC(=O)c1c(-c2ccc(F)cc2)oc2cc(N(C)S(C)(=O)=O)c(-c3ccc(/C=C/OC)c(-c4c(C)c5cccc6c5n4C(=O)OC6(C)C)n3)cc12. The number of hydrogen-bond donors (Lipinski definition) is 1. The molecule has 0 radical (unpaired) electrons. The monoisotopic (exact) mass is 722 g/mol. The van der Waals surface area contributed by atoms with Crippen LogP contribution in [0.5, 0.6) is 0 Å². The topological polar surface area (TPSA) is 133 Å². The molecule has 3 aromatic heterocycles. The zero-order chi connectivity index (χ0) is 37.3. The van der Waals surface area contributed by atoms with Gasteiger partial charge in [0.2, 0.25) is 10.0 Å². The van der Waals surface area contributed by atoms with Crippen molar-refractivity contribution in [2.75, 3.05) is 31.8 Å². The van der Waals surface area contributed by atoms with Crippen LogP contribution in [0.2, 0.25) is 0 Å². The van der Waals surface area contributed by atoms with Crippen LogP contribution in [0.1, 0.15) is 40.9 Å². The molecule has 52 heavy (non-hydrogen) atoms. The van der Waals surface area contributed by atoms with E-state index in [-0.39, 0.29) is 22.6 Å². The van der Waals surface area contributed by atoms with E-state index < -0.39 is 33.4 Å². The number of methoxy groups -OCH3 is 1. The highest BCUT2D eigenvalue weighted by Crippen LogP contribution is 2.45. The Morgan fingerprint density at radius 3 is 2.48 bits per heavy atom. The number of benzene rings is 3. The number of rotatable bonds is 8. The Morgan fingerprint density at radius 2 is 1.81 bits per heavy atom. The molecule has 0 saturated carbocycles. The van der Waals surface area contributed by atoms with Crippen molar-refractivity contribution in [2.24, 2.45) is 0 Å². The summed E-state index contributed by atoms with van der Waals surface area (Å²) in [6.45, 7) is 5.60. The van der Waals surface area contributed by atoms with Crippen LogP contribution < -0.4 is 9.62 Å². The molecule has 0 spiro atoms. The number of amides is 1. The summed E-state index contributed by atoms with van der Waals surface area (Å²) < 4.78 is 60.0. The van der Waals surface area contributed by atoms with Gasteiger partial charge in [0.1, 0.15) is 22.8 Å². The Labute approximate surface area is 299 Å². The first-order chi connectivity index (χ1) is 24.7. The van der Waals surface area contributed by atoms with Crippen molar-refractivity contribution in [1.82, 2.24) is 14.9 Å². The van der Waals surface area contributed by atoms with Gasteiger partial charge in [-0.2, -0.15) is 0 Å². The molecule has 1 N–H and O–H groups in total. The van der Waals surface area contributed by atoms with Crippen LogP contribution in [0.25, 0.3) is 61.9 Å². The summed E-state index contributed by atoms with van der Waals surface area (Å²) in [5, 5.41) is 3.88. The lowest BCUT2D eigenvalue weighted by molar-refractivity contribution is 0.0334. The highest BCUT2D eigenvalue weighted by molar-refractivity contribution is 7.92. The molecule has 0 atom stereocenters. The molecule has 0 saturated heterocycles. The second-order valence-corrected chi connectivity index (χ2v) is 15.1. The van der Waals surface area contributed by atoms with Crippen molar-refractivity contribution in [3.8, 4) is 34.0 Å². The molecule has 3 aromatic carbocycles. The van der Waals surface area contributed by atoms with Crippen LogP contribution in [0.4, 0.5) is 14.9 Å². The van der Waals surface area contributed by atoms with Crippen LogP contribution in [0, 0.1) is 12.7 Å². The van der Waals surface area contributed by atoms with Gasteiger partial charge in [-0.3, -0.25) is 9.10 Å². The zero-order valence-corrected chi connectivity index (χ0v) is 30.3. The molecule has 1 amide bonds. The lowest BCUT2D eigenvalue weighted by Gasteiger charge is -2.31. The fourth-order valence-corrected chi connectivity index (χ4v) is 7.29. The molecule has 13 heteroatoms. The van der Waals surface area contributed by atoms with Crippen LogP contribution in [0.15, 0.2) is 77.4 Å². The van der Waals surface area contributed by atoms with Crippen LogP contribution in [0.3, 0.4) is 0 Å². The van der Waals surface area contributed by atoms with Crippen molar-refractivity contribution in [3.05, 3.63) is 101 Å². The predicted molar refractivity (Wildman–Crippen MR) is 198 cm³/mol. The molecule has 0 bridgehead atoms. The second-order valence-electron chi connectivity index (χ2n) is 13.1. The average Bonchev–Trinajstić information content (AvgIpc) is 3.63.